The zero-order valence-corrected chi connectivity index (χ0v) is 27.9. The number of aliphatic carboxylic acids is 1. The number of phenols is 1. The molecule has 50 heavy (non-hydrogen) atoms. The number of hydrogen-bond donors (Lipinski definition) is 6. The number of ketones is 4. The van der Waals surface area contributed by atoms with Crippen LogP contribution in [0.1, 0.15) is 86.6 Å². The zero-order chi connectivity index (χ0) is 36.3. The smallest absolute Gasteiger partial charge is 0.320 e. The fourth-order valence-corrected chi connectivity index (χ4v) is 8.05. The summed E-state index contributed by atoms with van der Waals surface area (Å²) in [7, 11) is 0. The number of hydrogen-bond acceptors (Lipinski definition) is 13. The Balaban J connectivity index is 1.42. The van der Waals surface area contributed by atoms with E-state index in [2.05, 4.69) is 10.6 Å². The van der Waals surface area contributed by atoms with Crippen LogP contribution in [0.2, 0.25) is 0 Å². The number of rotatable bonds is 14. The second-order valence-electron chi connectivity index (χ2n) is 13.7. The van der Waals surface area contributed by atoms with E-state index in [1.807, 2.05) is 0 Å². The number of ether oxygens (including phenoxy) is 2. The van der Waals surface area contributed by atoms with Crippen molar-refractivity contribution in [3.8, 4) is 5.75 Å². The number of carbonyl (C=O) groups excluding carboxylic acids is 6. The Morgan fingerprint density at radius 2 is 1.80 bits per heavy atom. The van der Waals surface area contributed by atoms with Crippen molar-refractivity contribution >= 4 is 41.0 Å². The van der Waals surface area contributed by atoms with Gasteiger partial charge in [-0.2, -0.15) is 0 Å². The molecular formula is C35H45N3O12. The second kappa shape index (κ2) is 15.5. The van der Waals surface area contributed by atoms with Gasteiger partial charge in [-0.1, -0.05) is 38.3 Å². The molecule has 0 aliphatic heterocycles. The SMILES string of the molecule is CCC(=O)O[C@H]1[C@H]2C(C(=O)c3c(O)cccc3[C@@H]2COC2CCCC2)C(=O)[C@]2(O)C(=O)C(C(=O)NCNCCCCC(N)C(=O)O)C(=O)C[C@H]12. The summed E-state index contributed by atoms with van der Waals surface area (Å²) in [4.78, 5) is 93.1. The Hall–Kier alpha value is -4.05. The van der Waals surface area contributed by atoms with E-state index in [9.17, 15) is 43.8 Å². The zero-order valence-electron chi connectivity index (χ0n) is 27.9. The Bertz CT molecular complexity index is 1540. The standard InChI is InChI=1S/C35H45N3O12/c1-2-24(41)50-30-20-14-23(40)27(33(45)38-16-37-13-6-5-11-21(36)34(46)47)31(43)35(20,48)32(44)28-26(30)19(15-49-17-8-3-4-9-17)18-10-7-12-22(39)25(18)29(28)42/h7,10,12,17,19-21,26-28,30,37,39,48H,2-6,8-9,11,13-16,36H2,1H3,(H,38,45)(H,46,47)/t19-,20+,21?,26+,27?,28?,30+,35+/m0/s1. The van der Waals surface area contributed by atoms with Crippen molar-refractivity contribution in [2.45, 2.75) is 94.5 Å². The van der Waals surface area contributed by atoms with Gasteiger partial charge >= 0.3 is 11.9 Å². The molecule has 3 unspecified atom stereocenters. The molecule has 0 radical (unpaired) electrons. The minimum absolute atomic E-state index is 0.0134. The molecule has 272 valence electrons. The predicted octanol–water partition coefficient (Wildman–Crippen LogP) is 0.519. The fraction of sp³-hybridized carbons (Fsp3) is 0.629. The number of phenolic OH excluding ortho intramolecular Hbond substituents is 1. The maximum atomic E-state index is 14.4. The van der Waals surface area contributed by atoms with Crippen LogP contribution in [0, 0.1) is 23.7 Å². The third kappa shape index (κ3) is 6.96. The van der Waals surface area contributed by atoms with Gasteiger partial charge in [-0.3, -0.25) is 38.9 Å². The molecule has 1 aromatic carbocycles. The molecule has 15 nitrogen and oxygen atoms in total. The van der Waals surface area contributed by atoms with E-state index in [-0.39, 0.29) is 37.8 Å². The number of carboxylic acids is 1. The summed E-state index contributed by atoms with van der Waals surface area (Å²) < 4.78 is 12.1. The molecule has 0 saturated heterocycles. The number of fused-ring (bicyclic) bond motifs is 3. The molecule has 3 fully saturated rings. The molecule has 1 aromatic rings. The monoisotopic (exact) mass is 699 g/mol. The van der Waals surface area contributed by atoms with E-state index in [1.165, 1.54) is 13.0 Å². The molecule has 8 atom stereocenters. The third-order valence-corrected chi connectivity index (χ3v) is 10.7. The van der Waals surface area contributed by atoms with Gasteiger partial charge in [-0.25, -0.2) is 0 Å². The number of benzene rings is 1. The largest absolute Gasteiger partial charge is 0.507 e. The summed E-state index contributed by atoms with van der Waals surface area (Å²) in [6.07, 6.45) is 2.51. The highest BCUT2D eigenvalue weighted by atomic mass is 16.5. The molecule has 4 aliphatic rings. The number of aliphatic hydroxyl groups is 1. The van der Waals surface area contributed by atoms with Crippen molar-refractivity contribution < 1.29 is 58.4 Å². The Morgan fingerprint density at radius 3 is 2.48 bits per heavy atom. The van der Waals surface area contributed by atoms with Crippen LogP contribution in [-0.4, -0.2) is 100.0 Å². The van der Waals surface area contributed by atoms with Crippen molar-refractivity contribution in [2.24, 2.45) is 29.4 Å². The molecule has 4 aliphatic carbocycles. The lowest BCUT2D eigenvalue weighted by molar-refractivity contribution is -0.200. The van der Waals surface area contributed by atoms with E-state index in [0.29, 0.717) is 24.9 Å². The highest BCUT2D eigenvalue weighted by molar-refractivity contribution is 6.31. The predicted molar refractivity (Wildman–Crippen MR) is 173 cm³/mol. The first-order valence-electron chi connectivity index (χ1n) is 17.3. The van der Waals surface area contributed by atoms with Crippen LogP contribution in [-0.2, 0) is 38.2 Å². The quantitative estimate of drug-likeness (QED) is 0.0671. The number of unbranched alkanes of at least 4 members (excludes halogenated alkanes) is 1. The van der Waals surface area contributed by atoms with Gasteiger partial charge in [0.25, 0.3) is 0 Å². The number of Topliss-reactive ketones (excluding diaryl/α,β-unsaturated/α-hetero) is 4. The molecule has 1 amide bonds. The van der Waals surface area contributed by atoms with Crippen LogP contribution in [0.4, 0.5) is 0 Å². The van der Waals surface area contributed by atoms with Crippen molar-refractivity contribution in [1.29, 1.82) is 0 Å². The fourth-order valence-electron chi connectivity index (χ4n) is 8.05. The van der Waals surface area contributed by atoms with Crippen LogP contribution in [0.5, 0.6) is 5.75 Å². The summed E-state index contributed by atoms with van der Waals surface area (Å²) >= 11 is 0. The summed E-state index contributed by atoms with van der Waals surface area (Å²) in [5.41, 5.74) is 2.67. The topological polar surface area (TPSA) is 249 Å². The number of esters is 1. The minimum Gasteiger partial charge on any atom is -0.507 e. The Labute approximate surface area is 288 Å². The van der Waals surface area contributed by atoms with Crippen molar-refractivity contribution in [3.63, 3.8) is 0 Å². The first kappa shape index (κ1) is 37.2. The van der Waals surface area contributed by atoms with Gasteiger partial charge in [0.2, 0.25) is 5.91 Å². The number of carbonyl (C=O) groups is 7. The number of nitrogens with one attached hydrogen (secondary N) is 2. The summed E-state index contributed by atoms with van der Waals surface area (Å²) in [6.45, 7) is 1.67. The first-order valence-corrected chi connectivity index (χ1v) is 17.3. The van der Waals surface area contributed by atoms with Gasteiger partial charge in [-0.15, -0.1) is 0 Å². The molecule has 3 saturated carbocycles. The lowest BCUT2D eigenvalue weighted by Gasteiger charge is -2.54. The van der Waals surface area contributed by atoms with E-state index in [0.717, 1.165) is 25.7 Å². The minimum atomic E-state index is -3.03. The van der Waals surface area contributed by atoms with E-state index >= 15 is 0 Å². The Kier molecular flexibility index (Phi) is 11.5. The maximum Gasteiger partial charge on any atom is 0.320 e. The molecule has 0 bridgehead atoms. The lowest BCUT2D eigenvalue weighted by Crippen LogP contribution is -2.73. The van der Waals surface area contributed by atoms with Crippen LogP contribution >= 0.6 is 0 Å². The summed E-state index contributed by atoms with van der Waals surface area (Å²) in [5.74, 6) is -15.0. The summed E-state index contributed by atoms with van der Waals surface area (Å²) in [6, 6.07) is 3.46. The van der Waals surface area contributed by atoms with Gasteiger partial charge in [0.1, 0.15) is 17.9 Å². The first-order chi connectivity index (χ1) is 23.8. The third-order valence-electron chi connectivity index (χ3n) is 10.7. The number of carboxylic acid groups (broad SMARTS) is 1. The van der Waals surface area contributed by atoms with Gasteiger partial charge in [0.15, 0.2) is 34.7 Å². The number of aromatic hydroxyl groups is 1. The average molecular weight is 700 g/mol. The number of nitrogens with two attached hydrogens (primary N) is 1. The summed E-state index contributed by atoms with van der Waals surface area (Å²) in [5, 5.41) is 37.1. The van der Waals surface area contributed by atoms with Gasteiger partial charge in [0, 0.05) is 30.6 Å². The molecule has 0 spiro atoms. The van der Waals surface area contributed by atoms with Crippen molar-refractivity contribution in [2.75, 3.05) is 19.8 Å². The molecule has 15 heteroatoms. The molecular weight excluding hydrogens is 654 g/mol. The molecule has 5 rings (SSSR count). The highest BCUT2D eigenvalue weighted by Crippen LogP contribution is 2.55. The lowest BCUT2D eigenvalue weighted by atomic mass is 9.50. The van der Waals surface area contributed by atoms with E-state index in [1.54, 1.807) is 12.1 Å². The molecule has 0 aromatic heterocycles. The van der Waals surface area contributed by atoms with Gasteiger partial charge < -0.3 is 35.8 Å². The molecule has 0 heterocycles. The van der Waals surface area contributed by atoms with Crippen LogP contribution in [0.25, 0.3) is 0 Å². The normalized spacial score (nSPS) is 29.9. The maximum absolute atomic E-state index is 14.4. The van der Waals surface area contributed by atoms with Crippen molar-refractivity contribution in [1.82, 2.24) is 10.6 Å². The highest BCUT2D eigenvalue weighted by Gasteiger charge is 2.71. The second-order valence-corrected chi connectivity index (χ2v) is 13.7. The average Bonchev–Trinajstić information content (AvgIpc) is 3.60. The van der Waals surface area contributed by atoms with Gasteiger partial charge in [-0.05, 0) is 43.9 Å². The van der Waals surface area contributed by atoms with Crippen LogP contribution < -0.4 is 16.4 Å². The van der Waals surface area contributed by atoms with E-state index in [4.69, 9.17) is 20.3 Å². The van der Waals surface area contributed by atoms with Crippen LogP contribution in [0.3, 0.4) is 0 Å². The number of amides is 1. The van der Waals surface area contributed by atoms with Gasteiger partial charge in [0.05, 0.1) is 30.9 Å². The van der Waals surface area contributed by atoms with E-state index < -0.39 is 100 Å². The van der Waals surface area contributed by atoms with Crippen molar-refractivity contribution in [3.05, 3.63) is 29.3 Å². The molecule has 7 N–H and O–H groups in total. The Morgan fingerprint density at radius 1 is 1.08 bits per heavy atom. The van der Waals surface area contributed by atoms with Crippen LogP contribution in [0.15, 0.2) is 18.2 Å².